The predicted octanol–water partition coefficient (Wildman–Crippen LogP) is 2.67. The number of fused-ring (bicyclic) bond motifs is 5. The molecule has 32 heavy (non-hydrogen) atoms. The molecule has 3 fully saturated rings. The molecule has 0 amide bonds. The van der Waals surface area contributed by atoms with Gasteiger partial charge in [0.05, 0.1) is 6.10 Å². The molecule has 0 aliphatic heterocycles. The van der Waals surface area contributed by atoms with E-state index >= 15 is 0 Å². The number of ketones is 2. The minimum absolute atomic E-state index is 0.0280. The maximum atomic E-state index is 12.8. The van der Waals surface area contributed by atoms with Crippen LogP contribution in [0, 0.1) is 28.6 Å². The molecule has 176 valence electrons. The van der Waals surface area contributed by atoms with Gasteiger partial charge in [0.15, 0.2) is 12.4 Å². The number of Topliss-reactive ketones (excluding diaryl/α,β-unsaturated/α-hetero) is 1. The van der Waals surface area contributed by atoms with Gasteiger partial charge in [0, 0.05) is 16.7 Å². The zero-order valence-electron chi connectivity index (χ0n) is 17.9. The molecule has 0 aromatic heterocycles. The number of alkyl halides is 3. The molecular weight excluding hydrogens is 429 g/mol. The Kier molecular flexibility index (Phi) is 5.25. The van der Waals surface area contributed by atoms with Crippen LogP contribution < -0.4 is 0 Å². The van der Waals surface area contributed by atoms with Crippen LogP contribution in [-0.2, 0) is 19.1 Å². The highest BCUT2D eigenvalue weighted by atomic mass is 19.4. The Labute approximate surface area is 183 Å². The molecule has 9 heteroatoms. The number of esters is 1. The van der Waals surface area contributed by atoms with E-state index in [1.807, 2.05) is 13.0 Å². The van der Waals surface area contributed by atoms with E-state index in [-0.39, 0.29) is 36.4 Å². The van der Waals surface area contributed by atoms with Crippen molar-refractivity contribution in [1.29, 1.82) is 0 Å². The van der Waals surface area contributed by atoms with Crippen molar-refractivity contribution in [3.63, 3.8) is 0 Å². The van der Waals surface area contributed by atoms with Gasteiger partial charge in [-0.1, -0.05) is 25.5 Å². The zero-order chi connectivity index (χ0) is 23.7. The molecule has 0 spiro atoms. The largest absolute Gasteiger partial charge is 0.490 e. The Balaban J connectivity index is 1.60. The molecule has 4 rings (SSSR count). The molecule has 4 aliphatic carbocycles. The fourth-order valence-corrected chi connectivity index (χ4v) is 7.12. The highest BCUT2D eigenvalue weighted by Crippen LogP contribution is 2.67. The maximum absolute atomic E-state index is 12.8. The monoisotopic (exact) mass is 456 g/mol. The first-order valence-corrected chi connectivity index (χ1v) is 10.9. The summed E-state index contributed by atoms with van der Waals surface area (Å²) in [6.07, 6.45) is 0.781. The number of ether oxygens (including phenoxy) is 1. The van der Waals surface area contributed by atoms with Gasteiger partial charge in [-0.25, -0.2) is 4.79 Å². The van der Waals surface area contributed by atoms with Crippen LogP contribution in [0.25, 0.3) is 0 Å². The molecule has 2 N–H and O–H groups in total. The molecule has 0 aromatic rings. The van der Waals surface area contributed by atoms with E-state index in [4.69, 9.17) is 0 Å². The average molecular weight is 456 g/mol. The molecule has 0 radical (unpaired) electrons. The second kappa shape index (κ2) is 7.25. The molecule has 6 nitrogen and oxygen atoms in total. The van der Waals surface area contributed by atoms with E-state index in [1.165, 1.54) is 6.08 Å². The number of carbonyl (C=O) groups is 3. The predicted molar refractivity (Wildman–Crippen MR) is 105 cm³/mol. The van der Waals surface area contributed by atoms with Gasteiger partial charge in [-0.15, -0.1) is 0 Å². The standard InChI is InChI=1S/C23H27F3O6/c1-20-7-5-13(27)9-12(20)3-4-14-15-6-8-22(31,21(15,2)10-16(28)18(14)20)17(29)11-32-19(30)23(24,25)26/h5,7,9,14-16,18,28,31H,3-4,6,8,10-11H2,1-2H3. The lowest BCUT2D eigenvalue weighted by Gasteiger charge is -2.59. The van der Waals surface area contributed by atoms with E-state index in [2.05, 4.69) is 4.74 Å². The lowest BCUT2D eigenvalue weighted by atomic mass is 9.46. The number of allylic oxidation sites excluding steroid dienone is 4. The van der Waals surface area contributed by atoms with Gasteiger partial charge in [0.2, 0.25) is 5.78 Å². The summed E-state index contributed by atoms with van der Waals surface area (Å²) in [5.41, 5.74) is -2.60. The summed E-state index contributed by atoms with van der Waals surface area (Å²) in [5.74, 6) is -3.92. The van der Waals surface area contributed by atoms with Gasteiger partial charge in [-0.05, 0) is 56.1 Å². The molecular formula is C23H27F3O6. The van der Waals surface area contributed by atoms with E-state index < -0.39 is 47.1 Å². The summed E-state index contributed by atoms with van der Waals surface area (Å²) >= 11 is 0. The summed E-state index contributed by atoms with van der Waals surface area (Å²) in [4.78, 5) is 35.7. The number of halogens is 3. The molecule has 7 unspecified atom stereocenters. The zero-order valence-corrected chi connectivity index (χ0v) is 17.9. The smallest absolute Gasteiger partial charge is 0.451 e. The van der Waals surface area contributed by atoms with Gasteiger partial charge in [-0.3, -0.25) is 9.59 Å². The van der Waals surface area contributed by atoms with Crippen LogP contribution in [0.1, 0.15) is 46.0 Å². The highest BCUT2D eigenvalue weighted by molar-refractivity contribution is 6.01. The molecule has 7 atom stereocenters. The first-order chi connectivity index (χ1) is 14.7. The third kappa shape index (κ3) is 3.19. The van der Waals surface area contributed by atoms with Gasteiger partial charge >= 0.3 is 12.1 Å². The van der Waals surface area contributed by atoms with Crippen molar-refractivity contribution < 1.29 is 42.5 Å². The van der Waals surface area contributed by atoms with Crippen molar-refractivity contribution in [2.45, 2.75) is 63.8 Å². The first kappa shape index (κ1) is 23.2. The van der Waals surface area contributed by atoms with Crippen molar-refractivity contribution in [2.24, 2.45) is 28.6 Å². The number of aliphatic hydroxyl groups is 2. The van der Waals surface area contributed by atoms with Crippen molar-refractivity contribution in [3.8, 4) is 0 Å². The highest BCUT2D eigenvalue weighted by Gasteiger charge is 2.68. The van der Waals surface area contributed by atoms with Crippen LogP contribution in [0.4, 0.5) is 13.2 Å². The molecule has 0 bridgehead atoms. The molecule has 4 aliphatic rings. The molecule has 0 aromatic carbocycles. The Morgan fingerprint density at radius 2 is 1.94 bits per heavy atom. The van der Waals surface area contributed by atoms with Crippen molar-refractivity contribution in [3.05, 3.63) is 23.8 Å². The second-order valence-electron chi connectivity index (χ2n) is 10.1. The second-order valence-corrected chi connectivity index (χ2v) is 10.1. The van der Waals surface area contributed by atoms with E-state index in [1.54, 1.807) is 13.0 Å². The maximum Gasteiger partial charge on any atom is 0.490 e. The summed E-state index contributed by atoms with van der Waals surface area (Å²) in [6, 6.07) is 0. The van der Waals surface area contributed by atoms with E-state index in [0.29, 0.717) is 19.3 Å². The van der Waals surface area contributed by atoms with Crippen LogP contribution in [0.15, 0.2) is 23.8 Å². The van der Waals surface area contributed by atoms with Gasteiger partial charge in [-0.2, -0.15) is 13.2 Å². The Hall–Kier alpha value is -2.00. The van der Waals surface area contributed by atoms with Crippen LogP contribution in [0.5, 0.6) is 0 Å². The first-order valence-electron chi connectivity index (χ1n) is 10.9. The molecule has 0 saturated heterocycles. The van der Waals surface area contributed by atoms with Crippen LogP contribution in [0.2, 0.25) is 0 Å². The number of rotatable bonds is 3. The van der Waals surface area contributed by atoms with E-state index in [0.717, 1.165) is 5.57 Å². The van der Waals surface area contributed by atoms with Crippen molar-refractivity contribution in [1.82, 2.24) is 0 Å². The number of aliphatic hydroxyl groups excluding tert-OH is 1. The average Bonchev–Trinajstić information content (AvgIpc) is 2.97. The summed E-state index contributed by atoms with van der Waals surface area (Å²) in [6.45, 7) is 2.52. The topological polar surface area (TPSA) is 101 Å². The van der Waals surface area contributed by atoms with Crippen LogP contribution in [0.3, 0.4) is 0 Å². The summed E-state index contributed by atoms with van der Waals surface area (Å²) in [7, 11) is 0. The quantitative estimate of drug-likeness (QED) is 0.634. The van der Waals surface area contributed by atoms with Gasteiger partial charge < -0.3 is 14.9 Å². The minimum Gasteiger partial charge on any atom is -0.451 e. The van der Waals surface area contributed by atoms with Crippen LogP contribution >= 0.6 is 0 Å². The van der Waals surface area contributed by atoms with Crippen LogP contribution in [-0.4, -0.2) is 52.2 Å². The van der Waals surface area contributed by atoms with Gasteiger partial charge in [0.1, 0.15) is 5.60 Å². The van der Waals surface area contributed by atoms with Crippen molar-refractivity contribution in [2.75, 3.05) is 6.61 Å². The van der Waals surface area contributed by atoms with E-state index in [9.17, 15) is 37.8 Å². The summed E-state index contributed by atoms with van der Waals surface area (Å²) in [5, 5.41) is 22.6. The number of hydrogen-bond acceptors (Lipinski definition) is 6. The normalized spacial score (nSPS) is 43.1. The summed E-state index contributed by atoms with van der Waals surface area (Å²) < 4.78 is 41.4. The third-order valence-corrected chi connectivity index (χ3v) is 8.67. The fraction of sp³-hybridized carbons (Fsp3) is 0.696. The Bertz CT molecular complexity index is 923. The van der Waals surface area contributed by atoms with Gasteiger partial charge in [0.25, 0.3) is 0 Å². The lowest BCUT2D eigenvalue weighted by Crippen LogP contribution is -2.61. The number of carbonyl (C=O) groups excluding carboxylic acids is 3. The Morgan fingerprint density at radius 3 is 2.59 bits per heavy atom. The third-order valence-electron chi connectivity index (χ3n) is 8.67. The van der Waals surface area contributed by atoms with Crippen molar-refractivity contribution >= 4 is 17.5 Å². The minimum atomic E-state index is -5.23. The Morgan fingerprint density at radius 1 is 1.25 bits per heavy atom. The fourth-order valence-electron chi connectivity index (χ4n) is 7.12. The molecule has 0 heterocycles. The molecule has 3 saturated carbocycles. The SMILES string of the molecule is CC12C=CC(=O)C=C1CCC1C2C(O)CC2(C)C1CCC2(O)C(=O)COC(=O)C(F)(F)F. The lowest BCUT2D eigenvalue weighted by molar-refractivity contribution is -0.203. The number of hydrogen-bond donors (Lipinski definition) is 2.